The van der Waals surface area contributed by atoms with Gasteiger partial charge in [-0.3, -0.25) is 4.79 Å². The first-order chi connectivity index (χ1) is 13.8. The van der Waals surface area contributed by atoms with E-state index in [0.29, 0.717) is 26.9 Å². The summed E-state index contributed by atoms with van der Waals surface area (Å²) in [7, 11) is -4.54. The molecule has 0 saturated heterocycles. The Bertz CT molecular complexity index is 1290. The predicted octanol–water partition coefficient (Wildman–Crippen LogP) is 3.56. The molecular formula is C20H17N3O4S2. The van der Waals surface area contributed by atoms with Crippen LogP contribution in [0.3, 0.4) is 0 Å². The molecule has 0 aliphatic heterocycles. The number of fused-ring (bicyclic) bond motifs is 1. The van der Waals surface area contributed by atoms with Crippen molar-refractivity contribution in [2.45, 2.75) is 25.5 Å². The minimum Gasteiger partial charge on any atom is -0.380 e. The van der Waals surface area contributed by atoms with E-state index in [9.17, 15) is 13.2 Å². The van der Waals surface area contributed by atoms with Crippen LogP contribution in [0.4, 0.5) is 0 Å². The van der Waals surface area contributed by atoms with Gasteiger partial charge in [0.2, 0.25) is 4.75 Å². The number of carbonyl (C=O) groups is 1. The third kappa shape index (κ3) is 2.80. The molecule has 7 nitrogen and oxygen atoms in total. The number of hydrogen-bond donors (Lipinski definition) is 0. The number of aromatic nitrogens is 3. The molecule has 1 aromatic carbocycles. The third-order valence-corrected chi connectivity index (χ3v) is 7.80. The molecule has 4 rings (SSSR count). The Morgan fingerprint density at radius 3 is 2.62 bits per heavy atom. The second kappa shape index (κ2) is 6.85. The minimum atomic E-state index is -4.54. The van der Waals surface area contributed by atoms with E-state index in [-0.39, 0.29) is 11.4 Å². The molecule has 148 valence electrons. The van der Waals surface area contributed by atoms with Crippen LogP contribution in [0.25, 0.3) is 10.2 Å². The fraction of sp³-hybridized carbons (Fsp3) is 0.200. The summed E-state index contributed by atoms with van der Waals surface area (Å²) < 4.78 is 31.6. The predicted molar refractivity (Wildman–Crippen MR) is 110 cm³/mol. The van der Waals surface area contributed by atoms with Gasteiger partial charge in [-0.25, -0.2) is 15.0 Å². The molecule has 0 radical (unpaired) electrons. The van der Waals surface area contributed by atoms with E-state index < -0.39 is 20.6 Å². The van der Waals surface area contributed by atoms with Crippen molar-refractivity contribution >= 4 is 37.5 Å². The number of nitrogens with zero attached hydrogens (tertiary/aromatic N) is 3. The molecule has 0 N–H and O–H groups in total. The number of carbonyl (C=O) groups excluding carboxylic acids is 1. The van der Waals surface area contributed by atoms with Crippen LogP contribution in [-0.4, -0.2) is 29.2 Å². The zero-order chi connectivity index (χ0) is 20.8. The number of hydrogen-bond acceptors (Lipinski definition) is 8. The maximum atomic E-state index is 13.7. The van der Waals surface area contributed by atoms with Gasteiger partial charge in [-0.15, -0.1) is 11.3 Å². The van der Waals surface area contributed by atoms with Crippen LogP contribution in [-0.2, 0) is 19.7 Å². The highest BCUT2D eigenvalue weighted by molar-refractivity contribution is 7.89. The molecule has 0 bridgehead atoms. The lowest BCUT2D eigenvalue weighted by atomic mass is 9.81. The molecule has 0 spiro atoms. The number of allylic oxidation sites excluding steroid dienone is 3. The van der Waals surface area contributed by atoms with Gasteiger partial charge in [0.25, 0.3) is 0 Å². The van der Waals surface area contributed by atoms with E-state index in [4.69, 9.17) is 4.18 Å². The second-order valence-corrected chi connectivity index (χ2v) is 9.28. The molecule has 1 aliphatic carbocycles. The number of ketones is 1. The molecule has 1 aliphatic rings. The number of benzene rings is 1. The molecule has 0 amide bonds. The summed E-state index contributed by atoms with van der Waals surface area (Å²) in [6.45, 7) is 4.98. The summed E-state index contributed by atoms with van der Waals surface area (Å²) in [5.74, 6) is -0.451. The first kappa shape index (κ1) is 19.4. The fourth-order valence-corrected chi connectivity index (χ4v) is 6.02. The van der Waals surface area contributed by atoms with E-state index in [0.717, 1.165) is 0 Å². The van der Waals surface area contributed by atoms with Gasteiger partial charge in [0.1, 0.15) is 6.33 Å². The van der Waals surface area contributed by atoms with Gasteiger partial charge in [-0.2, -0.15) is 8.42 Å². The van der Waals surface area contributed by atoms with Gasteiger partial charge in [-0.1, -0.05) is 12.1 Å². The topological polar surface area (TPSA) is 99.1 Å². The van der Waals surface area contributed by atoms with Crippen LogP contribution in [0.1, 0.15) is 26.5 Å². The Morgan fingerprint density at radius 1 is 1.10 bits per heavy atom. The van der Waals surface area contributed by atoms with Gasteiger partial charge in [-0.05, 0) is 55.7 Å². The SMILES string of the molecule is CC1=CC(C)=C(C)C(=O)C1(c1ccncn1)S(=O)(=O)Oc1cccc2ncsc12. The first-order valence-electron chi connectivity index (χ1n) is 8.73. The Labute approximate surface area is 171 Å². The Kier molecular flexibility index (Phi) is 4.59. The molecule has 29 heavy (non-hydrogen) atoms. The fourth-order valence-electron chi connectivity index (χ4n) is 3.52. The van der Waals surface area contributed by atoms with E-state index in [1.807, 2.05) is 0 Å². The van der Waals surface area contributed by atoms with E-state index in [1.165, 1.54) is 29.9 Å². The van der Waals surface area contributed by atoms with Crippen molar-refractivity contribution in [3.8, 4) is 5.75 Å². The summed E-state index contributed by atoms with van der Waals surface area (Å²) in [6.07, 6.45) is 4.31. The van der Waals surface area contributed by atoms with Crippen molar-refractivity contribution in [1.29, 1.82) is 0 Å². The minimum absolute atomic E-state index is 0.0505. The van der Waals surface area contributed by atoms with Crippen molar-refractivity contribution in [1.82, 2.24) is 15.0 Å². The highest BCUT2D eigenvalue weighted by Gasteiger charge is 2.58. The normalized spacial score (nSPS) is 20.1. The lowest BCUT2D eigenvalue weighted by Crippen LogP contribution is -2.49. The number of thiazole rings is 1. The number of Topliss-reactive ketones (excluding diaryl/α,β-unsaturated/α-hetero) is 1. The van der Waals surface area contributed by atoms with Crippen molar-refractivity contribution in [2.24, 2.45) is 0 Å². The maximum Gasteiger partial charge on any atom is 0.332 e. The Balaban J connectivity index is 1.96. The molecule has 1 atom stereocenters. The van der Waals surface area contributed by atoms with Crippen molar-refractivity contribution < 1.29 is 17.4 Å². The lowest BCUT2D eigenvalue weighted by Gasteiger charge is -2.34. The van der Waals surface area contributed by atoms with Crippen LogP contribution in [0, 0.1) is 0 Å². The molecule has 2 heterocycles. The van der Waals surface area contributed by atoms with E-state index in [2.05, 4.69) is 15.0 Å². The van der Waals surface area contributed by atoms with Crippen LogP contribution in [0.15, 0.2) is 65.1 Å². The zero-order valence-corrected chi connectivity index (χ0v) is 17.5. The van der Waals surface area contributed by atoms with Crippen LogP contribution >= 0.6 is 11.3 Å². The standard InChI is InChI=1S/C20H17N3O4S2/c1-12-9-13(2)20(19(24)14(12)3,17-7-8-21-10-22-17)29(25,26)27-16-6-4-5-15-18(16)28-11-23-15/h4-11H,1-3H3. The summed E-state index contributed by atoms with van der Waals surface area (Å²) in [4.78, 5) is 25.7. The lowest BCUT2D eigenvalue weighted by molar-refractivity contribution is -0.117. The van der Waals surface area contributed by atoms with Gasteiger partial charge < -0.3 is 4.18 Å². The first-order valence-corrected chi connectivity index (χ1v) is 11.0. The summed E-state index contributed by atoms with van der Waals surface area (Å²) in [5, 5.41) is 0. The largest absolute Gasteiger partial charge is 0.380 e. The third-order valence-electron chi connectivity index (χ3n) is 5.08. The number of rotatable bonds is 4. The summed E-state index contributed by atoms with van der Waals surface area (Å²) >= 11 is 1.26. The van der Waals surface area contributed by atoms with Crippen molar-refractivity contribution in [3.63, 3.8) is 0 Å². The Morgan fingerprint density at radius 2 is 1.90 bits per heavy atom. The molecule has 0 saturated carbocycles. The van der Waals surface area contributed by atoms with Gasteiger partial charge in [0.05, 0.1) is 21.4 Å². The Hall–Kier alpha value is -2.91. The molecule has 1 unspecified atom stereocenters. The van der Waals surface area contributed by atoms with Gasteiger partial charge in [0, 0.05) is 6.20 Å². The molecular weight excluding hydrogens is 410 g/mol. The smallest absolute Gasteiger partial charge is 0.332 e. The van der Waals surface area contributed by atoms with E-state index in [1.54, 1.807) is 50.6 Å². The van der Waals surface area contributed by atoms with E-state index >= 15 is 0 Å². The molecule has 0 fully saturated rings. The highest BCUT2D eigenvalue weighted by atomic mass is 32.2. The summed E-state index contributed by atoms with van der Waals surface area (Å²) in [6, 6.07) is 6.40. The maximum absolute atomic E-state index is 13.7. The monoisotopic (exact) mass is 427 g/mol. The molecule has 9 heteroatoms. The zero-order valence-electron chi connectivity index (χ0n) is 15.9. The second-order valence-electron chi connectivity index (χ2n) is 6.73. The average molecular weight is 428 g/mol. The van der Waals surface area contributed by atoms with Gasteiger partial charge in [0.15, 0.2) is 11.5 Å². The molecule has 3 aromatic rings. The van der Waals surface area contributed by atoms with Crippen LogP contribution < -0.4 is 4.18 Å². The van der Waals surface area contributed by atoms with Crippen molar-refractivity contribution in [2.75, 3.05) is 0 Å². The highest BCUT2D eigenvalue weighted by Crippen LogP contribution is 2.45. The average Bonchev–Trinajstić information content (AvgIpc) is 3.17. The van der Waals surface area contributed by atoms with Crippen LogP contribution in [0.2, 0.25) is 0 Å². The molecule has 2 aromatic heterocycles. The van der Waals surface area contributed by atoms with Gasteiger partial charge >= 0.3 is 10.1 Å². The summed E-state index contributed by atoms with van der Waals surface area (Å²) in [5.41, 5.74) is 3.65. The quantitative estimate of drug-likeness (QED) is 0.587. The van der Waals surface area contributed by atoms with Crippen LogP contribution in [0.5, 0.6) is 5.75 Å². The van der Waals surface area contributed by atoms with Crippen molar-refractivity contribution in [3.05, 3.63) is 70.8 Å².